The topological polar surface area (TPSA) is 79.8 Å². The van der Waals surface area contributed by atoms with Crippen LogP contribution in [-0.2, 0) is 21.3 Å². The van der Waals surface area contributed by atoms with Crippen molar-refractivity contribution in [1.29, 1.82) is 0 Å². The molecule has 1 atom stereocenters. The van der Waals surface area contributed by atoms with Crippen LogP contribution in [0.25, 0.3) is 0 Å². The maximum absolute atomic E-state index is 13.3. The number of anilines is 1. The van der Waals surface area contributed by atoms with E-state index < -0.39 is 10.0 Å². The highest BCUT2D eigenvalue weighted by molar-refractivity contribution is 7.92. The van der Waals surface area contributed by atoms with Crippen LogP contribution >= 0.6 is 0 Å². The molecule has 1 amide bonds. The lowest BCUT2D eigenvalue weighted by atomic mass is 10.1. The highest BCUT2D eigenvalue weighted by Gasteiger charge is 2.25. The molecule has 0 radical (unpaired) electrons. The molecule has 7 nitrogen and oxygen atoms in total. The van der Waals surface area contributed by atoms with Crippen molar-refractivity contribution in [1.82, 2.24) is 9.88 Å². The van der Waals surface area contributed by atoms with E-state index in [2.05, 4.69) is 4.98 Å². The van der Waals surface area contributed by atoms with E-state index in [1.807, 2.05) is 18.2 Å². The third-order valence-corrected chi connectivity index (χ3v) is 7.51. The fourth-order valence-corrected chi connectivity index (χ4v) is 5.05. The van der Waals surface area contributed by atoms with Crippen LogP contribution in [0.1, 0.15) is 28.8 Å². The first-order valence-corrected chi connectivity index (χ1v) is 12.3. The summed E-state index contributed by atoms with van der Waals surface area (Å²) in [6.45, 7) is 1.59. The Morgan fingerprint density at radius 2 is 1.82 bits per heavy atom. The van der Waals surface area contributed by atoms with Crippen LogP contribution in [0.3, 0.4) is 0 Å². The molecule has 1 saturated heterocycles. The minimum absolute atomic E-state index is 0.00444. The van der Waals surface area contributed by atoms with E-state index in [0.29, 0.717) is 30.9 Å². The highest BCUT2D eigenvalue weighted by Crippen LogP contribution is 2.23. The van der Waals surface area contributed by atoms with Crippen LogP contribution in [0.15, 0.2) is 84.0 Å². The van der Waals surface area contributed by atoms with Gasteiger partial charge in [-0.3, -0.25) is 14.1 Å². The fraction of sp³-hybridized carbons (Fsp3) is 0.280. The van der Waals surface area contributed by atoms with Crippen LogP contribution in [0, 0.1) is 0 Å². The number of rotatable bonds is 8. The van der Waals surface area contributed by atoms with Gasteiger partial charge >= 0.3 is 0 Å². The molecule has 1 aliphatic heterocycles. The van der Waals surface area contributed by atoms with Gasteiger partial charge in [0, 0.05) is 44.7 Å². The summed E-state index contributed by atoms with van der Waals surface area (Å²) in [4.78, 5) is 19.4. The minimum Gasteiger partial charge on any atom is -0.376 e. The molecule has 0 spiro atoms. The normalized spacial score (nSPS) is 15.8. The molecule has 0 N–H and O–H groups in total. The molecule has 2 aromatic carbocycles. The third-order valence-electron chi connectivity index (χ3n) is 5.71. The van der Waals surface area contributed by atoms with E-state index in [1.54, 1.807) is 53.7 Å². The predicted molar refractivity (Wildman–Crippen MR) is 126 cm³/mol. The Labute approximate surface area is 194 Å². The first kappa shape index (κ1) is 22.9. The Bertz CT molecular complexity index is 1160. The molecule has 4 rings (SSSR count). The van der Waals surface area contributed by atoms with Crippen LogP contribution in [0.4, 0.5) is 5.69 Å². The number of pyridine rings is 1. The van der Waals surface area contributed by atoms with Gasteiger partial charge < -0.3 is 9.64 Å². The molecule has 1 aliphatic rings. The van der Waals surface area contributed by atoms with E-state index in [1.165, 1.54) is 23.5 Å². The van der Waals surface area contributed by atoms with E-state index in [0.717, 1.165) is 18.4 Å². The molecular weight excluding hydrogens is 438 g/mol. The Morgan fingerprint density at radius 1 is 1.06 bits per heavy atom. The van der Waals surface area contributed by atoms with Gasteiger partial charge in [-0.15, -0.1) is 0 Å². The number of sulfonamides is 1. The standard InChI is InChI=1S/C25H27N3O4S/c1-27(22-8-3-2-4-9-22)33(30,31)24-13-11-21(12-14-24)25(29)28(19-23-10-6-16-32-23)18-20-7-5-15-26-17-20/h2-5,7-9,11-15,17,23H,6,10,16,18-19H2,1H3. The average molecular weight is 466 g/mol. The van der Waals surface area contributed by atoms with Gasteiger partial charge in [0.25, 0.3) is 15.9 Å². The molecular formula is C25H27N3O4S. The summed E-state index contributed by atoms with van der Waals surface area (Å²) >= 11 is 0. The van der Waals surface area contributed by atoms with Gasteiger partial charge in [-0.05, 0) is 60.9 Å². The largest absolute Gasteiger partial charge is 0.376 e. The SMILES string of the molecule is CN(c1ccccc1)S(=O)(=O)c1ccc(C(=O)N(Cc2cccnc2)CC2CCCO2)cc1. The molecule has 3 aromatic rings. The average Bonchev–Trinajstić information content (AvgIpc) is 3.37. The van der Waals surface area contributed by atoms with Gasteiger partial charge in [0.05, 0.1) is 16.7 Å². The Hall–Kier alpha value is -3.23. The second-order valence-corrected chi connectivity index (χ2v) is 9.98. The molecule has 0 aliphatic carbocycles. The summed E-state index contributed by atoms with van der Waals surface area (Å²) in [6, 6.07) is 18.7. The van der Waals surface area contributed by atoms with Crippen molar-refractivity contribution in [2.75, 3.05) is 24.5 Å². The summed E-state index contributed by atoms with van der Waals surface area (Å²) in [7, 11) is -2.23. The zero-order valence-corrected chi connectivity index (χ0v) is 19.3. The number of hydrogen-bond acceptors (Lipinski definition) is 5. The molecule has 33 heavy (non-hydrogen) atoms. The lowest BCUT2D eigenvalue weighted by molar-refractivity contribution is 0.0507. The molecule has 0 bridgehead atoms. The minimum atomic E-state index is -3.74. The second kappa shape index (κ2) is 10.1. The summed E-state index contributed by atoms with van der Waals surface area (Å²) < 4.78 is 33.0. The van der Waals surface area contributed by atoms with Crippen molar-refractivity contribution < 1.29 is 17.9 Å². The quantitative estimate of drug-likeness (QED) is 0.507. The molecule has 1 unspecified atom stereocenters. The Kier molecular flexibility index (Phi) is 7.05. The molecule has 1 fully saturated rings. The van der Waals surface area contributed by atoms with E-state index in [-0.39, 0.29) is 16.9 Å². The maximum Gasteiger partial charge on any atom is 0.264 e. The number of para-hydroxylation sites is 1. The molecule has 0 saturated carbocycles. The smallest absolute Gasteiger partial charge is 0.264 e. The summed E-state index contributed by atoms with van der Waals surface area (Å²) in [6.07, 6.45) is 5.34. The van der Waals surface area contributed by atoms with E-state index in [9.17, 15) is 13.2 Å². The highest BCUT2D eigenvalue weighted by atomic mass is 32.2. The number of hydrogen-bond donors (Lipinski definition) is 0. The lowest BCUT2D eigenvalue weighted by Gasteiger charge is -2.26. The maximum atomic E-state index is 13.3. The van der Waals surface area contributed by atoms with Crippen LogP contribution < -0.4 is 4.31 Å². The Morgan fingerprint density at radius 3 is 2.45 bits per heavy atom. The van der Waals surface area contributed by atoms with Crippen LogP contribution in [0.2, 0.25) is 0 Å². The van der Waals surface area contributed by atoms with Crippen molar-refractivity contribution >= 4 is 21.6 Å². The number of benzene rings is 2. The van der Waals surface area contributed by atoms with Crippen molar-refractivity contribution in [3.8, 4) is 0 Å². The van der Waals surface area contributed by atoms with Crippen LogP contribution in [-0.4, -0.2) is 50.5 Å². The van der Waals surface area contributed by atoms with Crippen molar-refractivity contribution in [2.45, 2.75) is 30.4 Å². The number of amides is 1. The van der Waals surface area contributed by atoms with Gasteiger partial charge in [0.1, 0.15) is 0 Å². The molecule has 2 heterocycles. The van der Waals surface area contributed by atoms with Gasteiger partial charge in [-0.2, -0.15) is 0 Å². The number of carbonyl (C=O) groups excluding carboxylic acids is 1. The monoisotopic (exact) mass is 465 g/mol. The first-order chi connectivity index (χ1) is 15.9. The molecule has 8 heteroatoms. The zero-order chi connectivity index (χ0) is 23.3. The van der Waals surface area contributed by atoms with Gasteiger partial charge in [0.15, 0.2) is 0 Å². The molecule has 1 aromatic heterocycles. The number of ether oxygens (including phenoxy) is 1. The van der Waals surface area contributed by atoms with E-state index >= 15 is 0 Å². The van der Waals surface area contributed by atoms with Crippen molar-refractivity contribution in [2.24, 2.45) is 0 Å². The van der Waals surface area contributed by atoms with Crippen LogP contribution in [0.5, 0.6) is 0 Å². The van der Waals surface area contributed by atoms with Gasteiger partial charge in [-0.1, -0.05) is 24.3 Å². The second-order valence-electron chi connectivity index (χ2n) is 8.01. The van der Waals surface area contributed by atoms with Crippen molar-refractivity contribution in [3.63, 3.8) is 0 Å². The number of aromatic nitrogens is 1. The summed E-state index contributed by atoms with van der Waals surface area (Å²) in [5.74, 6) is -0.172. The lowest BCUT2D eigenvalue weighted by Crippen LogP contribution is -2.37. The third kappa shape index (κ3) is 5.40. The number of nitrogens with zero attached hydrogens (tertiary/aromatic N) is 3. The van der Waals surface area contributed by atoms with Gasteiger partial charge in [0.2, 0.25) is 0 Å². The Balaban J connectivity index is 1.54. The van der Waals surface area contributed by atoms with Gasteiger partial charge in [-0.25, -0.2) is 8.42 Å². The molecule has 172 valence electrons. The summed E-state index contributed by atoms with van der Waals surface area (Å²) in [5, 5.41) is 0. The number of carbonyl (C=O) groups is 1. The first-order valence-electron chi connectivity index (χ1n) is 10.9. The van der Waals surface area contributed by atoms with E-state index in [4.69, 9.17) is 4.74 Å². The zero-order valence-electron chi connectivity index (χ0n) is 18.5. The fourth-order valence-electron chi connectivity index (χ4n) is 3.85. The van der Waals surface area contributed by atoms with Crippen molar-refractivity contribution in [3.05, 3.63) is 90.3 Å². The summed E-state index contributed by atoms with van der Waals surface area (Å²) in [5.41, 5.74) is 1.92. The predicted octanol–water partition coefficient (Wildman–Crippen LogP) is 3.73.